The number of carbonyl (C=O) groups is 2. The summed E-state index contributed by atoms with van der Waals surface area (Å²) in [4.78, 5) is 28.6. The molecule has 0 aliphatic carbocycles. The maximum atomic E-state index is 13.7. The second-order valence-corrected chi connectivity index (χ2v) is 10.2. The van der Waals surface area contributed by atoms with E-state index in [2.05, 4.69) is 0 Å². The third-order valence-corrected chi connectivity index (χ3v) is 7.41. The van der Waals surface area contributed by atoms with Gasteiger partial charge in [0.2, 0.25) is 0 Å². The van der Waals surface area contributed by atoms with Crippen molar-refractivity contribution in [3.05, 3.63) is 86.9 Å². The number of phenols is 1. The van der Waals surface area contributed by atoms with Crippen LogP contribution in [0.2, 0.25) is 5.02 Å². The average molecular weight is 550 g/mol. The first-order valence-corrected chi connectivity index (χ1v) is 13.1. The molecule has 204 valence electrons. The Hall–Kier alpha value is -3.97. The van der Waals surface area contributed by atoms with E-state index < -0.39 is 17.7 Å². The van der Waals surface area contributed by atoms with Crippen molar-refractivity contribution in [3.8, 4) is 17.2 Å². The Balaban J connectivity index is 2.04. The third-order valence-electron chi connectivity index (χ3n) is 7.00. The molecule has 1 atom stereocenters. The summed E-state index contributed by atoms with van der Waals surface area (Å²) in [6.45, 7) is 9.66. The number of hydrogen-bond donors (Lipinski definition) is 2. The summed E-state index contributed by atoms with van der Waals surface area (Å²) < 4.78 is 11.1. The first-order chi connectivity index (χ1) is 18.5. The van der Waals surface area contributed by atoms with Gasteiger partial charge in [-0.3, -0.25) is 14.5 Å². The molecule has 1 fully saturated rings. The molecule has 1 aliphatic heterocycles. The SMILES string of the molecule is CCOc1cc(C2/C(=C(\O)c3cc(C(C)C)c(OC)cc3C)C(=O)C(=O)N2c2cccc(Cl)c2C)ccc1O. The zero-order valence-electron chi connectivity index (χ0n) is 22.8. The number of aliphatic hydroxyl groups excluding tert-OH is 1. The fourth-order valence-electron chi connectivity index (χ4n) is 4.95. The molecule has 1 saturated heterocycles. The van der Waals surface area contributed by atoms with Crippen LogP contribution >= 0.6 is 11.6 Å². The Morgan fingerprint density at radius 1 is 1.08 bits per heavy atom. The zero-order valence-corrected chi connectivity index (χ0v) is 23.6. The van der Waals surface area contributed by atoms with Crippen molar-refractivity contribution in [2.75, 3.05) is 18.6 Å². The molecule has 3 aromatic carbocycles. The normalized spacial score (nSPS) is 16.7. The van der Waals surface area contributed by atoms with Crippen LogP contribution in [0.4, 0.5) is 5.69 Å². The van der Waals surface area contributed by atoms with Crippen molar-refractivity contribution in [1.82, 2.24) is 0 Å². The van der Waals surface area contributed by atoms with Crippen molar-refractivity contribution in [3.63, 3.8) is 0 Å². The summed E-state index contributed by atoms with van der Waals surface area (Å²) in [6.07, 6.45) is 0. The molecule has 0 saturated carbocycles. The number of halogens is 1. The van der Waals surface area contributed by atoms with Crippen LogP contribution in [0.15, 0.2) is 54.1 Å². The van der Waals surface area contributed by atoms with E-state index in [9.17, 15) is 19.8 Å². The van der Waals surface area contributed by atoms with Crippen molar-refractivity contribution >= 4 is 34.7 Å². The molecule has 0 aromatic heterocycles. The Morgan fingerprint density at radius 3 is 2.44 bits per heavy atom. The van der Waals surface area contributed by atoms with E-state index >= 15 is 0 Å². The van der Waals surface area contributed by atoms with Gasteiger partial charge in [0.15, 0.2) is 11.5 Å². The molecule has 1 amide bonds. The van der Waals surface area contributed by atoms with Crippen molar-refractivity contribution in [1.29, 1.82) is 0 Å². The van der Waals surface area contributed by atoms with Gasteiger partial charge in [0.25, 0.3) is 11.7 Å². The molecule has 1 heterocycles. The predicted molar refractivity (Wildman–Crippen MR) is 152 cm³/mol. The van der Waals surface area contributed by atoms with Gasteiger partial charge in [-0.1, -0.05) is 37.6 Å². The highest BCUT2D eigenvalue weighted by molar-refractivity contribution is 6.52. The van der Waals surface area contributed by atoms with E-state index in [0.717, 1.165) is 5.56 Å². The number of rotatable bonds is 7. The minimum Gasteiger partial charge on any atom is -0.507 e. The van der Waals surface area contributed by atoms with Crippen LogP contribution in [-0.2, 0) is 9.59 Å². The molecule has 4 rings (SSSR count). The molecule has 0 bridgehead atoms. The molecule has 8 heteroatoms. The minimum atomic E-state index is -1.01. The van der Waals surface area contributed by atoms with Gasteiger partial charge in [-0.15, -0.1) is 0 Å². The molecule has 1 aliphatic rings. The number of phenolic OH excluding ortho intramolecular Hbond substituents is 1. The summed E-state index contributed by atoms with van der Waals surface area (Å²) in [7, 11) is 1.58. The molecule has 39 heavy (non-hydrogen) atoms. The number of amides is 1. The van der Waals surface area contributed by atoms with E-state index in [1.807, 2.05) is 26.8 Å². The molecular weight excluding hydrogens is 518 g/mol. The van der Waals surface area contributed by atoms with Crippen LogP contribution in [0.1, 0.15) is 60.5 Å². The van der Waals surface area contributed by atoms with Gasteiger partial charge in [0, 0.05) is 16.3 Å². The number of ketones is 1. The molecule has 3 aromatic rings. The van der Waals surface area contributed by atoms with Crippen LogP contribution in [0.5, 0.6) is 17.2 Å². The number of aliphatic hydroxyl groups is 1. The van der Waals surface area contributed by atoms with E-state index in [1.165, 1.54) is 11.0 Å². The minimum absolute atomic E-state index is 0.0736. The number of benzene rings is 3. The van der Waals surface area contributed by atoms with Gasteiger partial charge in [-0.25, -0.2) is 0 Å². The lowest BCUT2D eigenvalue weighted by Gasteiger charge is -2.27. The average Bonchev–Trinajstić information content (AvgIpc) is 3.16. The lowest BCUT2D eigenvalue weighted by molar-refractivity contribution is -0.132. The molecule has 7 nitrogen and oxygen atoms in total. The summed E-state index contributed by atoms with van der Waals surface area (Å²) in [5.41, 5.74) is 3.41. The van der Waals surface area contributed by atoms with E-state index in [-0.39, 0.29) is 28.7 Å². The van der Waals surface area contributed by atoms with Gasteiger partial charge in [-0.05, 0) is 85.3 Å². The fraction of sp³-hybridized carbons (Fsp3) is 0.290. The van der Waals surface area contributed by atoms with Crippen molar-refractivity contribution in [2.24, 2.45) is 0 Å². The lowest BCUT2D eigenvalue weighted by atomic mass is 9.90. The van der Waals surface area contributed by atoms with Crippen LogP contribution in [0.25, 0.3) is 5.76 Å². The number of aryl methyl sites for hydroxylation is 1. The maximum Gasteiger partial charge on any atom is 0.300 e. The fourth-order valence-corrected chi connectivity index (χ4v) is 5.12. The summed E-state index contributed by atoms with van der Waals surface area (Å²) in [5.74, 6) is -1.06. The number of carbonyl (C=O) groups excluding carboxylic acids is 2. The molecule has 0 radical (unpaired) electrons. The van der Waals surface area contributed by atoms with E-state index in [0.29, 0.717) is 45.3 Å². The molecule has 0 spiro atoms. The van der Waals surface area contributed by atoms with Gasteiger partial charge in [0.05, 0.1) is 25.3 Å². The first-order valence-electron chi connectivity index (χ1n) is 12.7. The number of methoxy groups -OCH3 is 1. The van der Waals surface area contributed by atoms with Gasteiger partial charge >= 0.3 is 0 Å². The largest absolute Gasteiger partial charge is 0.507 e. The summed E-state index contributed by atoms with van der Waals surface area (Å²) in [6, 6.07) is 12.3. The second kappa shape index (κ2) is 11.0. The number of anilines is 1. The highest BCUT2D eigenvalue weighted by Gasteiger charge is 2.48. The smallest absolute Gasteiger partial charge is 0.300 e. The third kappa shape index (κ3) is 4.94. The highest BCUT2D eigenvalue weighted by Crippen LogP contribution is 2.46. The Kier molecular flexibility index (Phi) is 7.93. The highest BCUT2D eigenvalue weighted by atomic mass is 35.5. The number of aromatic hydroxyl groups is 1. The van der Waals surface area contributed by atoms with Gasteiger partial charge < -0.3 is 19.7 Å². The Morgan fingerprint density at radius 2 is 1.79 bits per heavy atom. The zero-order chi connectivity index (χ0) is 28.6. The number of Topliss-reactive ketones (excluding diaryl/α,β-unsaturated/α-hetero) is 1. The maximum absolute atomic E-state index is 13.7. The predicted octanol–water partition coefficient (Wildman–Crippen LogP) is 6.82. The Labute approximate surface area is 233 Å². The van der Waals surface area contributed by atoms with Crippen LogP contribution in [0.3, 0.4) is 0 Å². The van der Waals surface area contributed by atoms with Crippen LogP contribution in [-0.4, -0.2) is 35.6 Å². The van der Waals surface area contributed by atoms with Gasteiger partial charge in [-0.2, -0.15) is 0 Å². The lowest BCUT2D eigenvalue weighted by Crippen LogP contribution is -2.30. The Bertz CT molecular complexity index is 1490. The molecule has 1 unspecified atom stereocenters. The van der Waals surface area contributed by atoms with E-state index in [4.69, 9.17) is 21.1 Å². The number of ether oxygens (including phenoxy) is 2. The van der Waals surface area contributed by atoms with Crippen molar-refractivity contribution in [2.45, 2.75) is 46.6 Å². The summed E-state index contributed by atoms with van der Waals surface area (Å²) >= 11 is 6.40. The monoisotopic (exact) mass is 549 g/mol. The van der Waals surface area contributed by atoms with Gasteiger partial charge in [0.1, 0.15) is 11.5 Å². The van der Waals surface area contributed by atoms with Crippen LogP contribution < -0.4 is 14.4 Å². The molecule has 2 N–H and O–H groups in total. The first kappa shape index (κ1) is 28.0. The standard InChI is InChI=1S/C31H32ClNO6/c1-7-39-26-14-19(11-12-24(26)34)28-27(29(35)21-15-20(16(2)3)25(38-6)13-17(21)4)30(36)31(37)33(28)23-10-8-9-22(32)18(23)5/h8-16,28,34-35H,7H2,1-6H3/b29-27+. The summed E-state index contributed by atoms with van der Waals surface area (Å²) in [5, 5.41) is 22.5. The number of nitrogens with zero attached hydrogens (tertiary/aromatic N) is 1. The second-order valence-electron chi connectivity index (χ2n) is 9.78. The van der Waals surface area contributed by atoms with E-state index in [1.54, 1.807) is 57.4 Å². The van der Waals surface area contributed by atoms with Crippen molar-refractivity contribution < 1.29 is 29.3 Å². The van der Waals surface area contributed by atoms with Crippen LogP contribution in [0, 0.1) is 13.8 Å². The quantitative estimate of drug-likeness (QED) is 0.191. The topological polar surface area (TPSA) is 96.3 Å². The molecular formula is C31H32ClNO6. The number of hydrogen-bond acceptors (Lipinski definition) is 6.